The molecule has 0 bridgehead atoms. The molecule has 1 aromatic heterocycles. The Bertz CT molecular complexity index is 1260. The van der Waals surface area contributed by atoms with Gasteiger partial charge in [-0.25, -0.2) is 8.42 Å². The molecule has 2 aromatic rings. The maximum atomic E-state index is 13.8. The van der Waals surface area contributed by atoms with E-state index in [1.54, 1.807) is 23.5 Å². The molecule has 0 radical (unpaired) electrons. The number of carbonyl (C=O) groups excluding carboxylic acids is 1. The molecule has 0 N–H and O–H groups in total. The van der Waals surface area contributed by atoms with Crippen molar-refractivity contribution in [3.05, 3.63) is 44.6 Å². The van der Waals surface area contributed by atoms with Crippen molar-refractivity contribution >= 4 is 27.3 Å². The molecule has 0 aliphatic carbocycles. The van der Waals surface area contributed by atoms with Crippen LogP contribution < -0.4 is 4.74 Å². The predicted octanol–water partition coefficient (Wildman–Crippen LogP) is 4.11. The first-order valence-corrected chi connectivity index (χ1v) is 16.4. The van der Waals surface area contributed by atoms with Gasteiger partial charge in [-0.3, -0.25) is 9.69 Å². The molecule has 1 atom stereocenters. The fourth-order valence-corrected chi connectivity index (χ4v) is 9.54. The molecule has 3 aliphatic rings. The highest BCUT2D eigenvalue weighted by Gasteiger charge is 2.36. The van der Waals surface area contributed by atoms with Crippen LogP contribution in [0.5, 0.6) is 5.75 Å². The summed E-state index contributed by atoms with van der Waals surface area (Å²) in [6.07, 6.45) is 5.96. The van der Waals surface area contributed by atoms with Crippen LogP contribution in [0.15, 0.2) is 23.1 Å². The highest BCUT2D eigenvalue weighted by atomic mass is 32.2. The highest BCUT2D eigenvalue weighted by Crippen LogP contribution is 2.32. The number of hydrogen-bond acceptors (Lipinski definition) is 7. The van der Waals surface area contributed by atoms with Gasteiger partial charge in [0.15, 0.2) is 0 Å². The van der Waals surface area contributed by atoms with E-state index in [4.69, 9.17) is 9.47 Å². The van der Waals surface area contributed by atoms with Gasteiger partial charge in [-0.05, 0) is 93.9 Å². The van der Waals surface area contributed by atoms with Gasteiger partial charge in [0, 0.05) is 42.0 Å². The molecule has 4 heterocycles. The lowest BCUT2D eigenvalue weighted by molar-refractivity contribution is -0.137. The molecule has 1 aromatic carbocycles. The Morgan fingerprint density at radius 1 is 1.03 bits per heavy atom. The van der Waals surface area contributed by atoms with E-state index in [0.717, 1.165) is 32.2 Å². The number of fused-ring (bicyclic) bond motifs is 1. The zero-order valence-electron chi connectivity index (χ0n) is 23.4. The number of amides is 1. The van der Waals surface area contributed by atoms with E-state index in [-0.39, 0.29) is 25.2 Å². The molecule has 3 aliphatic heterocycles. The fraction of sp³-hybridized carbons (Fsp3) is 0.621. The second-order valence-electron chi connectivity index (χ2n) is 11.1. The average Bonchev–Trinajstić information content (AvgIpc) is 3.57. The van der Waals surface area contributed by atoms with Gasteiger partial charge >= 0.3 is 0 Å². The molecular formula is C29H41N3O5S2. The maximum absolute atomic E-state index is 13.8. The summed E-state index contributed by atoms with van der Waals surface area (Å²) >= 11 is 1.90. The van der Waals surface area contributed by atoms with Crippen molar-refractivity contribution < 1.29 is 22.7 Å². The number of ether oxygens (including phenoxy) is 2. The van der Waals surface area contributed by atoms with E-state index in [9.17, 15) is 13.2 Å². The third-order valence-corrected chi connectivity index (χ3v) is 11.7. The molecule has 214 valence electrons. The Morgan fingerprint density at radius 3 is 2.46 bits per heavy atom. The van der Waals surface area contributed by atoms with Crippen LogP contribution in [0.4, 0.5) is 0 Å². The van der Waals surface area contributed by atoms with Crippen LogP contribution in [0, 0.1) is 13.8 Å². The van der Waals surface area contributed by atoms with Crippen molar-refractivity contribution in [3.8, 4) is 5.75 Å². The maximum Gasteiger partial charge on any atom is 0.248 e. The minimum atomic E-state index is -3.71. The van der Waals surface area contributed by atoms with Crippen molar-refractivity contribution in [2.45, 2.75) is 76.4 Å². The van der Waals surface area contributed by atoms with Gasteiger partial charge < -0.3 is 14.4 Å². The normalized spacial score (nSPS) is 20.8. The van der Waals surface area contributed by atoms with Crippen LogP contribution in [0.2, 0.25) is 0 Å². The average molecular weight is 576 g/mol. The summed E-state index contributed by atoms with van der Waals surface area (Å²) < 4.78 is 40.3. The second kappa shape index (κ2) is 12.3. The van der Waals surface area contributed by atoms with Crippen molar-refractivity contribution in [3.63, 3.8) is 0 Å². The van der Waals surface area contributed by atoms with Gasteiger partial charge in [-0.1, -0.05) is 6.42 Å². The van der Waals surface area contributed by atoms with E-state index in [2.05, 4.69) is 11.0 Å². The molecule has 0 saturated carbocycles. The minimum absolute atomic E-state index is 0.0227. The lowest BCUT2D eigenvalue weighted by atomic mass is 10.1. The number of methoxy groups -OCH3 is 1. The van der Waals surface area contributed by atoms with Gasteiger partial charge in [0.2, 0.25) is 15.9 Å². The number of rotatable bonds is 9. The molecule has 8 nitrogen and oxygen atoms in total. The zero-order chi connectivity index (χ0) is 27.6. The molecule has 2 fully saturated rings. The van der Waals surface area contributed by atoms with Crippen molar-refractivity contribution in [2.24, 2.45) is 0 Å². The van der Waals surface area contributed by atoms with Crippen LogP contribution in [-0.4, -0.2) is 81.0 Å². The summed E-state index contributed by atoms with van der Waals surface area (Å²) in [5, 5.41) is 0. The van der Waals surface area contributed by atoms with E-state index >= 15 is 0 Å². The number of benzene rings is 1. The van der Waals surface area contributed by atoms with Crippen LogP contribution in [-0.2, 0) is 39.1 Å². The fourth-order valence-electron chi connectivity index (χ4n) is 6.23. The quantitative estimate of drug-likeness (QED) is 0.448. The molecule has 10 heteroatoms. The Balaban J connectivity index is 1.18. The summed E-state index contributed by atoms with van der Waals surface area (Å²) in [6, 6.07) is 5.53. The predicted molar refractivity (Wildman–Crippen MR) is 153 cm³/mol. The second-order valence-corrected chi connectivity index (χ2v) is 14.1. The van der Waals surface area contributed by atoms with Crippen molar-refractivity contribution in [2.75, 3.05) is 46.5 Å². The first-order valence-electron chi connectivity index (χ1n) is 14.1. The van der Waals surface area contributed by atoms with Crippen LogP contribution in [0.25, 0.3) is 0 Å². The molecular weight excluding hydrogens is 534 g/mol. The molecule has 0 spiro atoms. The van der Waals surface area contributed by atoms with Crippen LogP contribution >= 0.6 is 11.3 Å². The summed E-state index contributed by atoms with van der Waals surface area (Å²) in [7, 11) is -2.13. The third kappa shape index (κ3) is 6.35. The number of sulfonamides is 1. The third-order valence-electron chi connectivity index (χ3n) is 8.19. The molecule has 39 heavy (non-hydrogen) atoms. The Hall–Kier alpha value is -1.98. The topological polar surface area (TPSA) is 79.4 Å². The van der Waals surface area contributed by atoms with Gasteiger partial charge in [-0.2, -0.15) is 4.31 Å². The molecule has 5 rings (SSSR count). The Morgan fingerprint density at radius 2 is 1.74 bits per heavy atom. The Kier molecular flexibility index (Phi) is 8.98. The number of carbonyl (C=O) groups is 1. The molecule has 2 saturated heterocycles. The summed E-state index contributed by atoms with van der Waals surface area (Å²) in [6.45, 7) is 9.00. The number of piperidine rings is 1. The van der Waals surface area contributed by atoms with E-state index in [0.29, 0.717) is 41.4 Å². The van der Waals surface area contributed by atoms with E-state index in [1.165, 1.54) is 41.2 Å². The molecule has 0 unspecified atom stereocenters. The number of thiophene rings is 1. The Labute approximate surface area is 236 Å². The van der Waals surface area contributed by atoms with Gasteiger partial charge in [-0.15, -0.1) is 11.3 Å². The monoisotopic (exact) mass is 575 g/mol. The first-order chi connectivity index (χ1) is 18.8. The van der Waals surface area contributed by atoms with Crippen LogP contribution in [0.3, 0.4) is 0 Å². The largest absolute Gasteiger partial charge is 0.497 e. The SMILES string of the molecule is COc1cc(C)c(S(=O)(=O)N2CCCC[C@H]2COCC(=O)N2CCc3sc(CN4CCCC4)cc3C2)c(C)c1. The van der Waals surface area contributed by atoms with Crippen LogP contribution in [0.1, 0.15) is 58.5 Å². The van der Waals surface area contributed by atoms with Gasteiger partial charge in [0.25, 0.3) is 0 Å². The van der Waals surface area contributed by atoms with Gasteiger partial charge in [0.1, 0.15) is 12.4 Å². The number of nitrogens with zero attached hydrogens (tertiary/aromatic N) is 3. The lowest BCUT2D eigenvalue weighted by Gasteiger charge is -2.35. The number of aryl methyl sites for hydroxylation is 2. The minimum Gasteiger partial charge on any atom is -0.497 e. The standard InChI is InChI=1S/C29H41N3O5S2/c1-21-14-25(36-3)15-22(2)29(21)39(34,35)32-12-5-4-8-24(32)19-37-20-28(33)31-13-9-27-23(17-31)16-26(38-27)18-30-10-6-7-11-30/h14-16,24H,4-13,17-20H2,1-3H3/t24-/m0/s1. The van der Waals surface area contributed by atoms with E-state index in [1.807, 2.05) is 30.1 Å². The molecule has 1 amide bonds. The summed E-state index contributed by atoms with van der Waals surface area (Å²) in [5.41, 5.74) is 2.62. The van der Waals surface area contributed by atoms with E-state index < -0.39 is 10.0 Å². The lowest BCUT2D eigenvalue weighted by Crippen LogP contribution is -2.47. The smallest absolute Gasteiger partial charge is 0.248 e. The van der Waals surface area contributed by atoms with Gasteiger partial charge in [0.05, 0.1) is 18.6 Å². The summed E-state index contributed by atoms with van der Waals surface area (Å²) in [5.74, 6) is 0.621. The van der Waals surface area contributed by atoms with Crippen molar-refractivity contribution in [1.29, 1.82) is 0 Å². The highest BCUT2D eigenvalue weighted by molar-refractivity contribution is 7.89. The summed E-state index contributed by atoms with van der Waals surface area (Å²) in [4.78, 5) is 20.6. The zero-order valence-corrected chi connectivity index (χ0v) is 25.0. The van der Waals surface area contributed by atoms with Crippen molar-refractivity contribution in [1.82, 2.24) is 14.1 Å². The number of likely N-dealkylation sites (tertiary alicyclic amines) is 1. The first kappa shape index (κ1) is 28.5. The number of hydrogen-bond donors (Lipinski definition) is 0.